The number of aromatic nitrogens is 5. The van der Waals surface area contributed by atoms with Crippen molar-refractivity contribution in [2.45, 2.75) is 46.3 Å². The first kappa shape index (κ1) is 26.8. The van der Waals surface area contributed by atoms with Crippen molar-refractivity contribution in [2.24, 2.45) is 0 Å². The maximum absolute atomic E-state index is 12.2. The Kier molecular flexibility index (Phi) is 8.57. The summed E-state index contributed by atoms with van der Waals surface area (Å²) in [6, 6.07) is 8.57. The number of hydrogen-bond donors (Lipinski definition) is 2. The van der Waals surface area contributed by atoms with Crippen LogP contribution < -0.4 is 10.0 Å². The molecule has 0 aliphatic carbocycles. The zero-order valence-corrected chi connectivity index (χ0v) is 22.6. The Balaban J connectivity index is 1.72. The minimum Gasteiger partial charge on any atom is -0.358 e. The smallest absolute Gasteiger partial charge is 0.232 e. The molecular weight excluding hydrogens is 514 g/mol. The highest BCUT2D eigenvalue weighted by Gasteiger charge is 2.20. The van der Waals surface area contributed by atoms with Crippen molar-refractivity contribution in [2.75, 3.05) is 22.4 Å². The number of nitrogens with zero attached hydrogens (tertiary/aromatic N) is 5. The van der Waals surface area contributed by atoms with E-state index in [0.29, 0.717) is 57.7 Å². The van der Waals surface area contributed by atoms with Crippen LogP contribution in [0.2, 0.25) is 5.02 Å². The predicted octanol–water partition coefficient (Wildman–Crippen LogP) is 5.77. The Morgan fingerprint density at radius 3 is 2.68 bits per heavy atom. The first-order valence-electron chi connectivity index (χ1n) is 12.2. The Bertz CT molecular complexity index is 1470. The Morgan fingerprint density at radius 1 is 1.08 bits per heavy atom. The number of sulfonamides is 1. The number of fused-ring (bicyclic) bond motifs is 1. The van der Waals surface area contributed by atoms with E-state index in [1.165, 1.54) is 6.33 Å². The van der Waals surface area contributed by atoms with E-state index >= 15 is 0 Å². The van der Waals surface area contributed by atoms with Crippen LogP contribution in [0.15, 0.2) is 49.2 Å². The average molecular weight is 544 g/mol. The van der Waals surface area contributed by atoms with Crippen LogP contribution in [-0.2, 0) is 14.8 Å². The van der Waals surface area contributed by atoms with Crippen molar-refractivity contribution in [3.05, 3.63) is 54.2 Å². The molecule has 0 spiro atoms. The van der Waals surface area contributed by atoms with Gasteiger partial charge < -0.3 is 10.1 Å². The Labute approximate surface area is 221 Å². The van der Waals surface area contributed by atoms with Crippen LogP contribution in [0.1, 0.15) is 46.3 Å². The van der Waals surface area contributed by atoms with Gasteiger partial charge in [0.25, 0.3) is 0 Å². The topological polar surface area (TPSA) is 124 Å². The summed E-state index contributed by atoms with van der Waals surface area (Å²) in [7, 11) is -3.45. The molecule has 12 heteroatoms. The van der Waals surface area contributed by atoms with Crippen molar-refractivity contribution in [1.29, 1.82) is 0 Å². The quantitative estimate of drug-likeness (QED) is 0.231. The molecule has 0 aliphatic rings. The van der Waals surface area contributed by atoms with Gasteiger partial charge in [0.2, 0.25) is 10.0 Å². The van der Waals surface area contributed by atoms with Crippen molar-refractivity contribution in [1.82, 2.24) is 24.5 Å². The molecule has 0 amide bonds. The van der Waals surface area contributed by atoms with Gasteiger partial charge in [0.1, 0.15) is 29.6 Å². The molecule has 0 saturated carbocycles. The lowest BCUT2D eigenvalue weighted by Crippen LogP contribution is -2.16. The lowest BCUT2D eigenvalue weighted by atomic mass is 10.1. The third kappa shape index (κ3) is 6.17. The SMILES string of the molecule is CCCC(OCC)n1cnc2c(-c3cccnc3Nc3cc(NS(=O)(=O)CCC)ccc3Cl)ncnc21. The number of pyridine rings is 1. The maximum Gasteiger partial charge on any atom is 0.232 e. The second kappa shape index (κ2) is 11.8. The second-order valence-electron chi connectivity index (χ2n) is 8.39. The van der Waals surface area contributed by atoms with Gasteiger partial charge in [0.15, 0.2) is 5.65 Å². The van der Waals surface area contributed by atoms with E-state index in [2.05, 4.69) is 36.9 Å². The van der Waals surface area contributed by atoms with Crippen molar-refractivity contribution in [3.8, 4) is 11.3 Å². The fraction of sp³-hybridized carbons (Fsp3) is 0.360. The third-order valence-electron chi connectivity index (χ3n) is 5.59. The van der Waals surface area contributed by atoms with Gasteiger partial charge in [-0.2, -0.15) is 0 Å². The van der Waals surface area contributed by atoms with Crippen LogP contribution >= 0.6 is 11.6 Å². The molecule has 3 heterocycles. The number of ether oxygens (including phenoxy) is 1. The van der Waals surface area contributed by atoms with E-state index in [1.807, 2.05) is 30.5 Å². The molecule has 37 heavy (non-hydrogen) atoms. The van der Waals surface area contributed by atoms with Crippen molar-refractivity contribution >= 4 is 50.0 Å². The molecule has 4 aromatic rings. The largest absolute Gasteiger partial charge is 0.358 e. The second-order valence-corrected chi connectivity index (χ2v) is 10.6. The van der Waals surface area contributed by atoms with Gasteiger partial charge in [0, 0.05) is 18.4 Å². The van der Waals surface area contributed by atoms with Crippen LogP contribution in [0.3, 0.4) is 0 Å². The van der Waals surface area contributed by atoms with Gasteiger partial charge >= 0.3 is 0 Å². The van der Waals surface area contributed by atoms with Crippen molar-refractivity contribution < 1.29 is 13.2 Å². The van der Waals surface area contributed by atoms with E-state index in [-0.39, 0.29) is 12.0 Å². The first-order chi connectivity index (χ1) is 17.9. The molecule has 1 unspecified atom stereocenters. The Morgan fingerprint density at radius 2 is 1.92 bits per heavy atom. The fourth-order valence-electron chi connectivity index (χ4n) is 4.01. The molecule has 2 N–H and O–H groups in total. The molecule has 0 bridgehead atoms. The summed E-state index contributed by atoms with van der Waals surface area (Å²) in [4.78, 5) is 18.1. The van der Waals surface area contributed by atoms with Crippen LogP contribution in [-0.4, -0.2) is 45.3 Å². The van der Waals surface area contributed by atoms with Crippen LogP contribution in [0.5, 0.6) is 0 Å². The summed E-state index contributed by atoms with van der Waals surface area (Å²) < 4.78 is 34.9. The maximum atomic E-state index is 12.2. The van der Waals surface area contributed by atoms with Gasteiger partial charge in [-0.3, -0.25) is 9.29 Å². The molecule has 0 fully saturated rings. The molecule has 1 aromatic carbocycles. The average Bonchev–Trinajstić information content (AvgIpc) is 3.30. The fourth-order valence-corrected chi connectivity index (χ4v) is 5.30. The van der Waals surface area contributed by atoms with E-state index in [1.54, 1.807) is 30.7 Å². The number of anilines is 3. The highest BCUT2D eigenvalue weighted by atomic mass is 35.5. The monoisotopic (exact) mass is 543 g/mol. The van der Waals surface area contributed by atoms with E-state index in [0.717, 1.165) is 12.8 Å². The van der Waals surface area contributed by atoms with Gasteiger partial charge in [-0.15, -0.1) is 0 Å². The number of halogens is 1. The standard InChI is InChI=1S/C25H30ClN7O3S/c1-4-8-21(36-6-3)33-16-30-23-22(28-15-29-25(23)33)18-9-7-12-27-24(18)31-20-14-17(10-11-19(20)26)32-37(34,35)13-5-2/h7,9-12,14-16,21,32H,4-6,8,13H2,1-3H3,(H,27,31). The van der Waals surface area contributed by atoms with Gasteiger partial charge in [-0.25, -0.2) is 28.4 Å². The van der Waals surface area contributed by atoms with Gasteiger partial charge in [-0.1, -0.05) is 31.9 Å². The molecule has 3 aromatic heterocycles. The summed E-state index contributed by atoms with van der Waals surface area (Å²) in [6.07, 6.45) is 6.99. The zero-order valence-electron chi connectivity index (χ0n) is 21.0. The number of nitrogens with one attached hydrogen (secondary N) is 2. The molecule has 4 rings (SSSR count). The number of rotatable bonds is 12. The predicted molar refractivity (Wildman–Crippen MR) is 147 cm³/mol. The summed E-state index contributed by atoms with van der Waals surface area (Å²) in [6.45, 7) is 6.46. The van der Waals surface area contributed by atoms with Crippen LogP contribution in [0, 0.1) is 0 Å². The normalized spacial score (nSPS) is 12.5. The number of benzene rings is 1. The molecule has 0 radical (unpaired) electrons. The molecular formula is C25H30ClN7O3S. The van der Waals surface area contributed by atoms with Gasteiger partial charge in [0.05, 0.1) is 28.5 Å². The molecule has 0 aliphatic heterocycles. The lowest BCUT2D eigenvalue weighted by molar-refractivity contribution is 0.00611. The van der Waals surface area contributed by atoms with Gasteiger partial charge in [-0.05, 0) is 50.1 Å². The molecule has 196 valence electrons. The highest BCUT2D eigenvalue weighted by molar-refractivity contribution is 7.92. The summed E-state index contributed by atoms with van der Waals surface area (Å²) >= 11 is 6.45. The van der Waals surface area contributed by atoms with E-state index < -0.39 is 10.0 Å². The lowest BCUT2D eigenvalue weighted by Gasteiger charge is -2.18. The summed E-state index contributed by atoms with van der Waals surface area (Å²) in [5.41, 5.74) is 3.47. The van der Waals surface area contributed by atoms with Crippen LogP contribution in [0.25, 0.3) is 22.4 Å². The number of hydrogen-bond acceptors (Lipinski definition) is 8. The first-order valence-corrected chi connectivity index (χ1v) is 14.2. The van der Waals surface area contributed by atoms with E-state index in [4.69, 9.17) is 16.3 Å². The van der Waals surface area contributed by atoms with E-state index in [9.17, 15) is 8.42 Å². The zero-order chi connectivity index (χ0) is 26.4. The Hall–Kier alpha value is -3.28. The summed E-state index contributed by atoms with van der Waals surface area (Å²) in [5, 5.41) is 3.64. The van der Waals surface area contributed by atoms with Crippen LogP contribution in [0.4, 0.5) is 17.2 Å². The number of imidazole rings is 1. The minimum atomic E-state index is -3.45. The molecule has 10 nitrogen and oxygen atoms in total. The molecule has 1 atom stereocenters. The summed E-state index contributed by atoms with van der Waals surface area (Å²) in [5.74, 6) is 0.518. The van der Waals surface area contributed by atoms with Crippen molar-refractivity contribution in [3.63, 3.8) is 0 Å². The minimum absolute atomic E-state index is 0.0293. The highest BCUT2D eigenvalue weighted by Crippen LogP contribution is 2.35. The third-order valence-corrected chi connectivity index (χ3v) is 7.41. The molecule has 0 saturated heterocycles.